The highest BCUT2D eigenvalue weighted by Crippen LogP contribution is 2.26. The first kappa shape index (κ1) is 13.6. The van der Waals surface area contributed by atoms with Crippen LogP contribution >= 0.6 is 0 Å². The van der Waals surface area contributed by atoms with Crippen molar-refractivity contribution < 1.29 is 4.84 Å². The molecule has 0 heterocycles. The summed E-state index contributed by atoms with van der Waals surface area (Å²) in [6.45, 7) is 8.75. The van der Waals surface area contributed by atoms with Gasteiger partial charge < -0.3 is 4.84 Å². The molecule has 0 aromatic heterocycles. The number of rotatable bonds is 4. The van der Waals surface area contributed by atoms with Crippen molar-refractivity contribution in [2.24, 2.45) is 11.1 Å². The van der Waals surface area contributed by atoms with Crippen molar-refractivity contribution in [2.75, 3.05) is 0 Å². The van der Waals surface area contributed by atoms with E-state index in [1.807, 2.05) is 30.3 Å². The maximum Gasteiger partial charge on any atom is 0.142 e. The maximum absolute atomic E-state index is 5.48. The zero-order chi connectivity index (χ0) is 13.7. The van der Waals surface area contributed by atoms with Gasteiger partial charge in [0.25, 0.3) is 0 Å². The van der Waals surface area contributed by atoms with Crippen molar-refractivity contribution in [1.82, 2.24) is 0 Å². The Morgan fingerprint density at radius 1 is 1.37 bits per heavy atom. The molecule has 1 unspecified atom stereocenters. The number of hydrogen-bond acceptors (Lipinski definition) is 2. The molecule has 2 heteroatoms. The molecule has 0 saturated heterocycles. The molecule has 19 heavy (non-hydrogen) atoms. The van der Waals surface area contributed by atoms with Crippen molar-refractivity contribution in [3.8, 4) is 0 Å². The van der Waals surface area contributed by atoms with Gasteiger partial charge in [0.2, 0.25) is 0 Å². The molecule has 2 nitrogen and oxygen atoms in total. The molecule has 0 N–H and O–H groups in total. The Hall–Kier alpha value is -1.83. The normalized spacial score (nSPS) is 21.1. The molecule has 1 aromatic carbocycles. The lowest BCUT2D eigenvalue weighted by molar-refractivity contribution is 0.129. The van der Waals surface area contributed by atoms with Gasteiger partial charge >= 0.3 is 0 Å². The Labute approximate surface area is 115 Å². The summed E-state index contributed by atoms with van der Waals surface area (Å²) in [5, 5.41) is 4.30. The van der Waals surface area contributed by atoms with Crippen LogP contribution in [0.5, 0.6) is 0 Å². The fourth-order valence-electron chi connectivity index (χ4n) is 2.16. The molecule has 0 aliphatic heterocycles. The van der Waals surface area contributed by atoms with Crippen molar-refractivity contribution in [2.45, 2.75) is 33.3 Å². The van der Waals surface area contributed by atoms with Crippen LogP contribution in [-0.4, -0.2) is 5.71 Å². The summed E-state index contributed by atoms with van der Waals surface area (Å²) in [6.07, 6.45) is 4.24. The Kier molecular flexibility index (Phi) is 4.56. The fraction of sp³-hybridized carbons (Fsp3) is 0.353. The van der Waals surface area contributed by atoms with Gasteiger partial charge in [-0.05, 0) is 37.3 Å². The second kappa shape index (κ2) is 6.37. The Morgan fingerprint density at radius 2 is 2.11 bits per heavy atom. The first-order chi connectivity index (χ1) is 9.16. The summed E-state index contributed by atoms with van der Waals surface area (Å²) in [4.78, 5) is 5.48. The van der Waals surface area contributed by atoms with Gasteiger partial charge in [-0.25, -0.2) is 0 Å². The number of hydrogen-bond donors (Lipinski definition) is 0. The fourth-order valence-corrected chi connectivity index (χ4v) is 2.16. The lowest BCUT2D eigenvalue weighted by Gasteiger charge is -2.21. The largest absolute Gasteiger partial charge is 0.391 e. The molecule has 0 radical (unpaired) electrons. The van der Waals surface area contributed by atoms with Crippen LogP contribution in [0, 0.1) is 5.92 Å². The SMILES string of the molecule is C=C(C)C1CC=C(C)C(=NOCc2ccccc2)C1. The van der Waals surface area contributed by atoms with Crippen LogP contribution in [0.4, 0.5) is 0 Å². The monoisotopic (exact) mass is 255 g/mol. The summed E-state index contributed by atoms with van der Waals surface area (Å²) in [5.41, 5.74) is 4.64. The van der Waals surface area contributed by atoms with Crippen LogP contribution in [0.25, 0.3) is 0 Å². The Balaban J connectivity index is 1.96. The van der Waals surface area contributed by atoms with Crippen LogP contribution in [-0.2, 0) is 11.4 Å². The molecule has 0 amide bonds. The minimum absolute atomic E-state index is 0.503. The molecule has 1 atom stereocenters. The van der Waals surface area contributed by atoms with E-state index in [0.29, 0.717) is 12.5 Å². The smallest absolute Gasteiger partial charge is 0.142 e. The van der Waals surface area contributed by atoms with Crippen molar-refractivity contribution in [1.29, 1.82) is 0 Å². The predicted octanol–water partition coefficient (Wildman–Crippen LogP) is 4.49. The van der Waals surface area contributed by atoms with E-state index in [1.165, 1.54) is 11.1 Å². The molecule has 1 aliphatic carbocycles. The number of allylic oxidation sites excluding steroid dienone is 3. The third-order valence-corrected chi connectivity index (χ3v) is 3.55. The maximum atomic E-state index is 5.48. The quantitative estimate of drug-likeness (QED) is 0.573. The first-order valence-corrected chi connectivity index (χ1v) is 6.72. The van der Waals surface area contributed by atoms with Crippen LogP contribution in [0.3, 0.4) is 0 Å². The molecule has 1 aliphatic rings. The molecule has 0 bridgehead atoms. The van der Waals surface area contributed by atoms with Gasteiger partial charge in [0, 0.05) is 6.42 Å². The van der Waals surface area contributed by atoms with E-state index < -0.39 is 0 Å². The molecule has 0 saturated carbocycles. The van der Waals surface area contributed by atoms with E-state index in [1.54, 1.807) is 0 Å². The van der Waals surface area contributed by atoms with E-state index >= 15 is 0 Å². The second-order valence-corrected chi connectivity index (χ2v) is 5.17. The van der Waals surface area contributed by atoms with Crippen molar-refractivity contribution in [3.05, 3.63) is 59.7 Å². The zero-order valence-electron chi connectivity index (χ0n) is 11.7. The average molecular weight is 255 g/mol. The summed E-state index contributed by atoms with van der Waals surface area (Å²) in [7, 11) is 0. The minimum Gasteiger partial charge on any atom is -0.391 e. The minimum atomic E-state index is 0.503. The number of benzene rings is 1. The summed E-state index contributed by atoms with van der Waals surface area (Å²) in [5.74, 6) is 0.503. The molecule has 2 rings (SSSR count). The molecule has 0 spiro atoms. The first-order valence-electron chi connectivity index (χ1n) is 6.72. The summed E-state index contributed by atoms with van der Waals surface area (Å²) in [6, 6.07) is 10.1. The highest BCUT2D eigenvalue weighted by Gasteiger charge is 2.18. The third kappa shape index (κ3) is 3.82. The number of oxime groups is 1. The van der Waals surface area contributed by atoms with Crippen LogP contribution in [0.2, 0.25) is 0 Å². The lowest BCUT2D eigenvalue weighted by atomic mass is 9.85. The topological polar surface area (TPSA) is 21.6 Å². The molecule has 100 valence electrons. The van der Waals surface area contributed by atoms with Gasteiger partial charge in [0.15, 0.2) is 0 Å². The molecular weight excluding hydrogens is 234 g/mol. The summed E-state index contributed by atoms with van der Waals surface area (Å²) < 4.78 is 0. The second-order valence-electron chi connectivity index (χ2n) is 5.17. The highest BCUT2D eigenvalue weighted by molar-refractivity contribution is 6.00. The van der Waals surface area contributed by atoms with Crippen LogP contribution in [0.1, 0.15) is 32.3 Å². The van der Waals surface area contributed by atoms with Crippen LogP contribution < -0.4 is 0 Å². The van der Waals surface area contributed by atoms with E-state index in [-0.39, 0.29) is 0 Å². The predicted molar refractivity (Wildman–Crippen MR) is 80.0 cm³/mol. The number of nitrogens with zero attached hydrogens (tertiary/aromatic N) is 1. The zero-order valence-corrected chi connectivity index (χ0v) is 11.7. The highest BCUT2D eigenvalue weighted by atomic mass is 16.6. The Morgan fingerprint density at radius 3 is 2.79 bits per heavy atom. The lowest BCUT2D eigenvalue weighted by Crippen LogP contribution is -2.15. The van der Waals surface area contributed by atoms with Crippen molar-refractivity contribution >= 4 is 5.71 Å². The van der Waals surface area contributed by atoms with Gasteiger partial charge in [-0.1, -0.05) is 53.7 Å². The van der Waals surface area contributed by atoms with Crippen molar-refractivity contribution in [3.63, 3.8) is 0 Å². The summed E-state index contributed by atoms with van der Waals surface area (Å²) >= 11 is 0. The standard InChI is InChI=1S/C17H21NO/c1-13(2)16-10-9-14(3)17(11-16)18-19-12-15-7-5-4-6-8-15/h4-9,16H,1,10-12H2,2-3H3. The molecule has 1 aromatic rings. The van der Waals surface area contributed by atoms with Gasteiger partial charge in [-0.15, -0.1) is 0 Å². The van der Waals surface area contributed by atoms with Crippen LogP contribution in [0.15, 0.2) is 59.3 Å². The van der Waals surface area contributed by atoms with Gasteiger partial charge in [0.05, 0.1) is 5.71 Å². The Bertz CT molecular complexity index is 499. The van der Waals surface area contributed by atoms with E-state index in [0.717, 1.165) is 24.1 Å². The van der Waals surface area contributed by atoms with Gasteiger partial charge in [-0.3, -0.25) is 0 Å². The molecule has 0 fully saturated rings. The van der Waals surface area contributed by atoms with E-state index in [9.17, 15) is 0 Å². The average Bonchev–Trinajstić information content (AvgIpc) is 2.42. The third-order valence-electron chi connectivity index (χ3n) is 3.55. The van der Waals surface area contributed by atoms with Gasteiger partial charge in [-0.2, -0.15) is 0 Å². The van der Waals surface area contributed by atoms with E-state index in [2.05, 4.69) is 31.7 Å². The van der Waals surface area contributed by atoms with E-state index in [4.69, 9.17) is 4.84 Å². The molecular formula is C17H21NO. The van der Waals surface area contributed by atoms with Gasteiger partial charge in [0.1, 0.15) is 6.61 Å².